The summed E-state index contributed by atoms with van der Waals surface area (Å²) in [5.41, 5.74) is -0.427. The molecule has 2 aliphatic rings. The van der Waals surface area contributed by atoms with Gasteiger partial charge in [-0.25, -0.2) is 9.18 Å². The summed E-state index contributed by atoms with van der Waals surface area (Å²) in [5, 5.41) is 2.01. The van der Waals surface area contributed by atoms with Gasteiger partial charge in [0.2, 0.25) is 0 Å². The van der Waals surface area contributed by atoms with E-state index in [0.29, 0.717) is 12.1 Å². The summed E-state index contributed by atoms with van der Waals surface area (Å²) < 4.78 is 20.7. The van der Waals surface area contributed by atoms with Crippen LogP contribution in [0.4, 0.5) is 4.39 Å². The summed E-state index contributed by atoms with van der Waals surface area (Å²) in [6, 6.07) is 9.84. The first-order valence-corrected chi connectivity index (χ1v) is 14.4. The lowest BCUT2D eigenvalue weighted by Gasteiger charge is -2.43. The van der Waals surface area contributed by atoms with Gasteiger partial charge >= 0.3 is 5.97 Å². The van der Waals surface area contributed by atoms with Crippen LogP contribution in [0.5, 0.6) is 0 Å². The number of likely N-dealkylation sites (tertiary alicyclic amines) is 2. The molecule has 5 nitrogen and oxygen atoms in total. The minimum atomic E-state index is -0.802. The van der Waals surface area contributed by atoms with Gasteiger partial charge in [-0.3, -0.25) is 14.6 Å². The quantitative estimate of drug-likeness (QED) is 0.182. The van der Waals surface area contributed by atoms with Crippen LogP contribution in [0.1, 0.15) is 47.8 Å². The molecule has 0 amide bonds. The first-order chi connectivity index (χ1) is 16.4. The van der Waals surface area contributed by atoms with Crippen molar-refractivity contribution >= 4 is 45.7 Å². The number of carbonyl (C=O) groups is 2. The molecular formula is C26H32FIN2O3S. The highest BCUT2D eigenvalue weighted by molar-refractivity contribution is 14.1. The van der Waals surface area contributed by atoms with E-state index in [4.69, 9.17) is 4.74 Å². The number of carbonyl (C=O) groups excluding carboxylic acids is 2. The fourth-order valence-corrected chi connectivity index (χ4v) is 6.88. The van der Waals surface area contributed by atoms with Gasteiger partial charge in [-0.1, -0.05) is 47.2 Å². The number of ether oxygens (including phenoxy) is 1. The van der Waals surface area contributed by atoms with Gasteiger partial charge in [0.05, 0.1) is 6.54 Å². The predicted molar refractivity (Wildman–Crippen MR) is 141 cm³/mol. The molecule has 0 N–H and O–H groups in total. The number of alkyl halides is 1. The average Bonchev–Trinajstić information content (AvgIpc) is 3.40. The van der Waals surface area contributed by atoms with Crippen molar-refractivity contribution < 1.29 is 18.7 Å². The number of rotatable bonds is 8. The number of esters is 1. The second-order valence-corrected chi connectivity index (χ2v) is 11.2. The summed E-state index contributed by atoms with van der Waals surface area (Å²) in [4.78, 5) is 31.9. The second-order valence-electron chi connectivity index (χ2n) is 9.41. The standard InChI is InChI=1S/C26H32FIN2O3S/c1-26(24-9-6-14-34-24,30-11-3-2-4-12-30)25(32)33-23-18-29(13-10-20(23)16-28)17-22(31)19-7-5-8-21(27)15-19/h5-9,14-15,20,23H,2-4,10-13,16-18H2,1H3/t20?,23-,26?/m0/s1. The van der Waals surface area contributed by atoms with Gasteiger partial charge in [0, 0.05) is 27.3 Å². The molecule has 0 radical (unpaired) electrons. The van der Waals surface area contributed by atoms with E-state index in [1.165, 1.54) is 18.6 Å². The van der Waals surface area contributed by atoms with Crippen molar-refractivity contribution in [1.29, 1.82) is 0 Å². The van der Waals surface area contributed by atoms with Crippen molar-refractivity contribution in [2.75, 3.05) is 37.2 Å². The molecule has 1 aromatic heterocycles. The van der Waals surface area contributed by atoms with Gasteiger partial charge in [-0.2, -0.15) is 0 Å². The predicted octanol–water partition coefficient (Wildman–Crippen LogP) is 5.14. The number of piperidine rings is 2. The fourth-order valence-electron chi connectivity index (χ4n) is 4.97. The molecule has 2 saturated heterocycles. The first kappa shape index (κ1) is 25.7. The topological polar surface area (TPSA) is 49.9 Å². The van der Waals surface area contributed by atoms with E-state index in [1.807, 2.05) is 29.3 Å². The molecule has 3 atom stereocenters. The smallest absolute Gasteiger partial charge is 0.332 e. The highest BCUT2D eigenvalue weighted by Crippen LogP contribution is 2.36. The number of nitrogens with zero attached hydrogens (tertiary/aromatic N) is 2. The number of halogens is 2. The molecule has 2 aromatic rings. The van der Waals surface area contributed by atoms with Crippen molar-refractivity contribution in [3.63, 3.8) is 0 Å². The van der Waals surface area contributed by atoms with Crippen molar-refractivity contribution in [2.45, 2.75) is 44.2 Å². The zero-order valence-corrected chi connectivity index (χ0v) is 22.5. The van der Waals surface area contributed by atoms with Crippen LogP contribution in [0, 0.1) is 11.7 Å². The molecule has 2 fully saturated rings. The van der Waals surface area contributed by atoms with E-state index < -0.39 is 11.4 Å². The van der Waals surface area contributed by atoms with Crippen LogP contribution in [0.2, 0.25) is 0 Å². The lowest BCUT2D eigenvalue weighted by atomic mass is 9.92. The molecular weight excluding hydrogens is 566 g/mol. The molecule has 0 bridgehead atoms. The maximum absolute atomic E-state index is 13.8. The Morgan fingerprint density at radius 3 is 2.65 bits per heavy atom. The third-order valence-electron chi connectivity index (χ3n) is 7.14. The minimum Gasteiger partial charge on any atom is -0.459 e. The number of hydrogen-bond donors (Lipinski definition) is 0. The van der Waals surface area contributed by atoms with Gasteiger partial charge in [-0.15, -0.1) is 11.3 Å². The number of Topliss-reactive ketones (excluding diaryl/α,β-unsaturated/α-hetero) is 1. The van der Waals surface area contributed by atoms with Crippen LogP contribution in [-0.4, -0.2) is 64.8 Å². The lowest BCUT2D eigenvalue weighted by molar-refractivity contribution is -0.169. The summed E-state index contributed by atoms with van der Waals surface area (Å²) in [5.74, 6) is -0.477. The molecule has 1 aromatic carbocycles. The highest BCUT2D eigenvalue weighted by Gasteiger charge is 2.46. The summed E-state index contributed by atoms with van der Waals surface area (Å²) >= 11 is 3.96. The Morgan fingerprint density at radius 2 is 1.97 bits per heavy atom. The molecule has 3 heterocycles. The number of thiophene rings is 1. The zero-order chi connectivity index (χ0) is 24.1. The van der Waals surface area contributed by atoms with Gasteiger partial charge < -0.3 is 4.74 Å². The number of ketones is 1. The maximum atomic E-state index is 13.8. The minimum absolute atomic E-state index is 0.116. The molecule has 2 aliphatic heterocycles. The fraction of sp³-hybridized carbons (Fsp3) is 0.538. The van der Waals surface area contributed by atoms with E-state index in [1.54, 1.807) is 23.5 Å². The van der Waals surface area contributed by atoms with E-state index >= 15 is 0 Å². The van der Waals surface area contributed by atoms with E-state index in [0.717, 1.165) is 48.2 Å². The van der Waals surface area contributed by atoms with Gasteiger partial charge in [0.15, 0.2) is 11.3 Å². The average molecular weight is 599 g/mol. The zero-order valence-electron chi connectivity index (χ0n) is 19.6. The van der Waals surface area contributed by atoms with E-state index in [2.05, 4.69) is 27.5 Å². The Balaban J connectivity index is 1.48. The van der Waals surface area contributed by atoms with Crippen LogP contribution in [0.3, 0.4) is 0 Å². The third-order valence-corrected chi connectivity index (χ3v) is 9.35. The third kappa shape index (κ3) is 5.71. The van der Waals surface area contributed by atoms with Gasteiger partial charge in [0.1, 0.15) is 11.9 Å². The largest absolute Gasteiger partial charge is 0.459 e. The molecule has 184 valence electrons. The van der Waals surface area contributed by atoms with Gasteiger partial charge in [-0.05, 0) is 69.4 Å². The van der Waals surface area contributed by atoms with Crippen molar-refractivity contribution in [3.8, 4) is 0 Å². The van der Waals surface area contributed by atoms with Crippen LogP contribution >= 0.6 is 33.9 Å². The van der Waals surface area contributed by atoms with Crippen molar-refractivity contribution in [3.05, 3.63) is 58.0 Å². The molecule has 0 saturated carbocycles. The Morgan fingerprint density at radius 1 is 1.18 bits per heavy atom. The van der Waals surface area contributed by atoms with Crippen LogP contribution in [0.25, 0.3) is 0 Å². The van der Waals surface area contributed by atoms with E-state index in [9.17, 15) is 14.0 Å². The molecule has 0 aliphatic carbocycles. The normalized spacial score (nSPS) is 23.9. The van der Waals surface area contributed by atoms with Crippen LogP contribution in [-0.2, 0) is 15.1 Å². The molecule has 2 unspecified atom stereocenters. The highest BCUT2D eigenvalue weighted by atomic mass is 127. The Hall–Kier alpha value is -1.36. The summed E-state index contributed by atoms with van der Waals surface area (Å²) in [7, 11) is 0. The van der Waals surface area contributed by atoms with E-state index in [-0.39, 0.29) is 30.3 Å². The summed E-state index contributed by atoms with van der Waals surface area (Å²) in [6.07, 6.45) is 3.95. The SMILES string of the molecule is CC(C(=O)O[C@H]1CN(CC(=O)c2cccc(F)c2)CCC1CI)(c1cccs1)N1CCCCC1. The lowest BCUT2D eigenvalue weighted by Crippen LogP contribution is -2.55. The second kappa shape index (κ2) is 11.6. The van der Waals surface area contributed by atoms with Crippen molar-refractivity contribution in [1.82, 2.24) is 9.80 Å². The van der Waals surface area contributed by atoms with Gasteiger partial charge in [0.25, 0.3) is 0 Å². The maximum Gasteiger partial charge on any atom is 0.332 e. The Labute approximate surface area is 218 Å². The number of hydrogen-bond acceptors (Lipinski definition) is 6. The molecule has 34 heavy (non-hydrogen) atoms. The first-order valence-electron chi connectivity index (χ1n) is 12.0. The van der Waals surface area contributed by atoms with Crippen LogP contribution in [0.15, 0.2) is 41.8 Å². The molecule has 0 spiro atoms. The monoisotopic (exact) mass is 598 g/mol. The molecule has 4 rings (SSSR count). The Kier molecular flexibility index (Phi) is 8.76. The van der Waals surface area contributed by atoms with Crippen LogP contribution < -0.4 is 0 Å². The van der Waals surface area contributed by atoms with Crippen molar-refractivity contribution in [2.24, 2.45) is 5.92 Å². The molecule has 8 heteroatoms. The Bertz CT molecular complexity index is 982. The number of benzene rings is 1. The summed E-state index contributed by atoms with van der Waals surface area (Å²) in [6.45, 7) is 5.24.